The van der Waals surface area contributed by atoms with Crippen LogP contribution in [0.3, 0.4) is 0 Å². The van der Waals surface area contributed by atoms with E-state index >= 15 is 0 Å². The Morgan fingerprint density at radius 1 is 0.917 bits per heavy atom. The number of benzene rings is 2. The molecule has 0 aliphatic rings. The van der Waals surface area contributed by atoms with Crippen molar-refractivity contribution in [3.05, 3.63) is 47.5 Å². The van der Waals surface area contributed by atoms with Gasteiger partial charge in [-0.05, 0) is 36.1 Å². The van der Waals surface area contributed by atoms with Crippen molar-refractivity contribution >= 4 is 10.1 Å². The third-order valence-corrected chi connectivity index (χ3v) is 5.07. The molecule has 0 bridgehead atoms. The second kappa shape index (κ2) is 7.13. The molecular weight excluding hydrogens is 328 g/mol. The molecule has 0 unspecified atom stereocenters. The van der Waals surface area contributed by atoms with Crippen LogP contribution < -0.4 is 13.7 Å². The maximum atomic E-state index is 12.7. The molecule has 0 N–H and O–H groups in total. The highest BCUT2D eigenvalue weighted by Gasteiger charge is 2.24. The van der Waals surface area contributed by atoms with Crippen LogP contribution >= 0.6 is 0 Å². The van der Waals surface area contributed by atoms with E-state index in [1.165, 1.54) is 20.3 Å². The first-order chi connectivity index (χ1) is 11.3. The van der Waals surface area contributed by atoms with Gasteiger partial charge in [0.2, 0.25) is 0 Å². The van der Waals surface area contributed by atoms with Crippen molar-refractivity contribution in [2.24, 2.45) is 0 Å². The Bertz CT molecular complexity index is 825. The minimum absolute atomic E-state index is 0.0544. The summed E-state index contributed by atoms with van der Waals surface area (Å²) in [5.41, 5.74) is 1.36. The lowest BCUT2D eigenvalue weighted by atomic mass is 10.0. The number of ether oxygens (including phenoxy) is 2. The third-order valence-electron chi connectivity index (χ3n) is 3.69. The van der Waals surface area contributed by atoms with Crippen LogP contribution in [0.5, 0.6) is 17.2 Å². The third kappa shape index (κ3) is 3.64. The van der Waals surface area contributed by atoms with Gasteiger partial charge in [-0.25, -0.2) is 0 Å². The zero-order valence-corrected chi connectivity index (χ0v) is 15.3. The van der Waals surface area contributed by atoms with E-state index in [4.69, 9.17) is 13.7 Å². The summed E-state index contributed by atoms with van der Waals surface area (Å²) in [6.45, 7) is 5.65. The topological polar surface area (TPSA) is 61.8 Å². The number of hydrogen-bond acceptors (Lipinski definition) is 5. The van der Waals surface area contributed by atoms with E-state index in [0.29, 0.717) is 22.8 Å². The summed E-state index contributed by atoms with van der Waals surface area (Å²) >= 11 is 0. The number of methoxy groups -OCH3 is 2. The highest BCUT2D eigenvalue weighted by atomic mass is 32.2. The SMILES string of the molecule is COc1cc(C)c(S(=O)(=O)Oc2ccccc2C(C)C)cc1OC. The summed E-state index contributed by atoms with van der Waals surface area (Å²) in [6.07, 6.45) is 0. The van der Waals surface area contributed by atoms with Crippen LogP contribution in [0, 0.1) is 6.92 Å². The molecule has 0 fully saturated rings. The molecule has 130 valence electrons. The van der Waals surface area contributed by atoms with Crippen molar-refractivity contribution in [3.63, 3.8) is 0 Å². The minimum atomic E-state index is -3.99. The van der Waals surface area contributed by atoms with Crippen LogP contribution in [-0.2, 0) is 10.1 Å². The number of para-hydroxylation sites is 1. The van der Waals surface area contributed by atoms with Crippen molar-refractivity contribution in [1.29, 1.82) is 0 Å². The van der Waals surface area contributed by atoms with Gasteiger partial charge in [0.1, 0.15) is 10.6 Å². The first kappa shape index (κ1) is 18.1. The molecule has 0 saturated heterocycles. The predicted octanol–water partition coefficient (Wildman–Crippen LogP) is 3.90. The van der Waals surface area contributed by atoms with E-state index in [0.717, 1.165) is 5.56 Å². The molecule has 0 aromatic heterocycles. The Morgan fingerprint density at radius 3 is 2.08 bits per heavy atom. The lowest BCUT2D eigenvalue weighted by Gasteiger charge is -2.16. The zero-order chi connectivity index (χ0) is 17.9. The lowest BCUT2D eigenvalue weighted by Crippen LogP contribution is -2.13. The summed E-state index contributed by atoms with van der Waals surface area (Å²) in [5.74, 6) is 1.28. The van der Waals surface area contributed by atoms with E-state index in [-0.39, 0.29) is 10.8 Å². The van der Waals surface area contributed by atoms with Crippen LogP contribution in [0.1, 0.15) is 30.9 Å². The van der Waals surface area contributed by atoms with Gasteiger partial charge in [0.05, 0.1) is 14.2 Å². The molecule has 0 heterocycles. The molecule has 2 aromatic carbocycles. The van der Waals surface area contributed by atoms with Gasteiger partial charge in [-0.2, -0.15) is 8.42 Å². The Balaban J connectivity index is 2.49. The van der Waals surface area contributed by atoms with E-state index in [1.54, 1.807) is 25.1 Å². The highest BCUT2D eigenvalue weighted by molar-refractivity contribution is 7.87. The Kier molecular flexibility index (Phi) is 5.39. The van der Waals surface area contributed by atoms with Gasteiger partial charge in [-0.3, -0.25) is 0 Å². The molecule has 0 atom stereocenters. The molecule has 0 radical (unpaired) electrons. The first-order valence-corrected chi connectivity index (χ1v) is 8.97. The number of rotatable bonds is 6. The fourth-order valence-corrected chi connectivity index (χ4v) is 3.61. The van der Waals surface area contributed by atoms with E-state index in [9.17, 15) is 8.42 Å². The van der Waals surface area contributed by atoms with Gasteiger partial charge in [-0.1, -0.05) is 32.0 Å². The first-order valence-electron chi connectivity index (χ1n) is 7.56. The molecule has 0 aliphatic heterocycles. The summed E-state index contributed by atoms with van der Waals surface area (Å²) in [7, 11) is -1.04. The van der Waals surface area contributed by atoms with Crippen molar-refractivity contribution in [1.82, 2.24) is 0 Å². The molecule has 24 heavy (non-hydrogen) atoms. The van der Waals surface area contributed by atoms with Crippen LogP contribution in [0.15, 0.2) is 41.3 Å². The standard InChI is InChI=1S/C18H22O5S/c1-12(2)14-8-6-7-9-15(14)23-24(19,20)18-11-17(22-5)16(21-4)10-13(18)3/h6-12H,1-5H3. The normalized spacial score (nSPS) is 11.4. The monoisotopic (exact) mass is 350 g/mol. The highest BCUT2D eigenvalue weighted by Crippen LogP contribution is 2.34. The van der Waals surface area contributed by atoms with Gasteiger partial charge in [0.25, 0.3) is 0 Å². The molecule has 0 amide bonds. The van der Waals surface area contributed by atoms with E-state index in [2.05, 4.69) is 0 Å². The summed E-state index contributed by atoms with van der Waals surface area (Å²) < 4.78 is 41.3. The van der Waals surface area contributed by atoms with E-state index in [1.807, 2.05) is 26.0 Å². The van der Waals surface area contributed by atoms with Gasteiger partial charge in [-0.15, -0.1) is 0 Å². The van der Waals surface area contributed by atoms with Crippen molar-refractivity contribution < 1.29 is 22.1 Å². The van der Waals surface area contributed by atoms with Crippen molar-refractivity contribution in [2.75, 3.05) is 14.2 Å². The summed E-state index contributed by atoms with van der Waals surface area (Å²) in [6, 6.07) is 10.2. The van der Waals surface area contributed by atoms with E-state index < -0.39 is 10.1 Å². The molecule has 2 aromatic rings. The number of hydrogen-bond donors (Lipinski definition) is 0. The average Bonchev–Trinajstić information content (AvgIpc) is 2.54. The predicted molar refractivity (Wildman–Crippen MR) is 92.6 cm³/mol. The quantitative estimate of drug-likeness (QED) is 0.739. The Hall–Kier alpha value is -2.21. The number of aryl methyl sites for hydroxylation is 1. The van der Waals surface area contributed by atoms with Crippen LogP contribution in [0.2, 0.25) is 0 Å². The molecule has 0 saturated carbocycles. The van der Waals surface area contributed by atoms with Crippen LogP contribution in [-0.4, -0.2) is 22.6 Å². The van der Waals surface area contributed by atoms with Gasteiger partial charge < -0.3 is 13.7 Å². The maximum absolute atomic E-state index is 12.7. The van der Waals surface area contributed by atoms with Gasteiger partial charge in [0, 0.05) is 6.07 Å². The summed E-state index contributed by atoms with van der Waals surface area (Å²) in [5, 5.41) is 0. The molecule has 2 rings (SSSR count). The zero-order valence-electron chi connectivity index (χ0n) is 14.5. The molecule has 6 heteroatoms. The lowest BCUT2D eigenvalue weighted by molar-refractivity contribution is 0.353. The second-order valence-electron chi connectivity index (χ2n) is 5.70. The molecular formula is C18H22O5S. The Labute approximate surface area is 143 Å². The van der Waals surface area contributed by atoms with Gasteiger partial charge in [0.15, 0.2) is 11.5 Å². The largest absolute Gasteiger partial charge is 0.493 e. The van der Waals surface area contributed by atoms with Crippen LogP contribution in [0.25, 0.3) is 0 Å². The minimum Gasteiger partial charge on any atom is -0.493 e. The molecule has 5 nitrogen and oxygen atoms in total. The average molecular weight is 350 g/mol. The van der Waals surface area contributed by atoms with Crippen molar-refractivity contribution in [3.8, 4) is 17.2 Å². The van der Waals surface area contributed by atoms with Crippen molar-refractivity contribution in [2.45, 2.75) is 31.6 Å². The Morgan fingerprint density at radius 2 is 1.50 bits per heavy atom. The summed E-state index contributed by atoms with van der Waals surface area (Å²) in [4.78, 5) is 0.0544. The smallest absolute Gasteiger partial charge is 0.339 e. The van der Waals surface area contributed by atoms with Crippen LogP contribution in [0.4, 0.5) is 0 Å². The second-order valence-corrected chi connectivity index (χ2v) is 7.22. The maximum Gasteiger partial charge on any atom is 0.339 e. The fourth-order valence-electron chi connectivity index (χ4n) is 2.43. The molecule has 0 aliphatic carbocycles. The fraction of sp³-hybridized carbons (Fsp3) is 0.333. The molecule has 0 spiro atoms. The van der Waals surface area contributed by atoms with Gasteiger partial charge >= 0.3 is 10.1 Å².